The van der Waals surface area contributed by atoms with Gasteiger partial charge in [-0.3, -0.25) is 9.78 Å². The number of benzene rings is 1. The molecule has 4 nitrogen and oxygen atoms in total. The summed E-state index contributed by atoms with van der Waals surface area (Å²) in [7, 11) is 0. The predicted octanol–water partition coefficient (Wildman–Crippen LogP) is 2.23. The number of nitriles is 1. The van der Waals surface area contributed by atoms with E-state index in [1.807, 2.05) is 13.0 Å². The molecule has 0 atom stereocenters. The molecule has 0 saturated carbocycles. The summed E-state index contributed by atoms with van der Waals surface area (Å²) in [6, 6.07) is 13.3. The van der Waals surface area contributed by atoms with Crippen molar-refractivity contribution >= 4 is 5.91 Å². The Kier molecular flexibility index (Phi) is 4.46. The fourth-order valence-corrected chi connectivity index (χ4v) is 1.79. The molecule has 0 spiro atoms. The Morgan fingerprint density at radius 1 is 1.30 bits per heavy atom. The Morgan fingerprint density at radius 3 is 2.75 bits per heavy atom. The molecule has 0 unspecified atom stereocenters. The molecule has 1 N–H and O–H groups in total. The number of nitrogens with one attached hydrogen (secondary N) is 1. The molecule has 1 aromatic carbocycles. The molecule has 0 fully saturated rings. The van der Waals surface area contributed by atoms with E-state index in [9.17, 15) is 4.79 Å². The zero-order valence-corrected chi connectivity index (χ0v) is 11.3. The van der Waals surface area contributed by atoms with Crippen molar-refractivity contribution in [2.24, 2.45) is 0 Å². The second-order valence-corrected chi connectivity index (χ2v) is 4.53. The number of rotatable bonds is 4. The van der Waals surface area contributed by atoms with Crippen LogP contribution < -0.4 is 5.32 Å². The van der Waals surface area contributed by atoms with E-state index in [-0.39, 0.29) is 11.6 Å². The molecular weight excluding hydrogens is 250 g/mol. The molecule has 0 aliphatic carbocycles. The standard InChI is InChI=1S/C16H15N3O/c1-12-2-4-13(5-3-12)6-9-19-16(20)15-10-14(11-17)7-8-18-15/h2-5,7-8,10H,6,9H2,1H3,(H,19,20). The zero-order valence-electron chi connectivity index (χ0n) is 11.3. The fraction of sp³-hybridized carbons (Fsp3) is 0.188. The lowest BCUT2D eigenvalue weighted by Gasteiger charge is -2.05. The van der Waals surface area contributed by atoms with Crippen LogP contribution in [0.5, 0.6) is 0 Å². The number of hydrogen-bond acceptors (Lipinski definition) is 3. The van der Waals surface area contributed by atoms with Crippen molar-refractivity contribution in [3.63, 3.8) is 0 Å². The number of hydrogen-bond donors (Lipinski definition) is 1. The van der Waals surface area contributed by atoms with Gasteiger partial charge in [0.2, 0.25) is 0 Å². The van der Waals surface area contributed by atoms with E-state index in [1.54, 1.807) is 6.07 Å². The topological polar surface area (TPSA) is 65.8 Å². The number of carbonyl (C=O) groups excluding carboxylic acids is 1. The van der Waals surface area contributed by atoms with Crippen molar-refractivity contribution in [3.8, 4) is 6.07 Å². The van der Waals surface area contributed by atoms with Crippen LogP contribution in [0.25, 0.3) is 0 Å². The molecule has 20 heavy (non-hydrogen) atoms. The molecule has 1 aromatic heterocycles. The number of carbonyl (C=O) groups is 1. The van der Waals surface area contributed by atoms with Gasteiger partial charge in [-0.1, -0.05) is 29.8 Å². The van der Waals surface area contributed by atoms with E-state index in [4.69, 9.17) is 5.26 Å². The highest BCUT2D eigenvalue weighted by Gasteiger charge is 2.07. The lowest BCUT2D eigenvalue weighted by atomic mass is 10.1. The van der Waals surface area contributed by atoms with Gasteiger partial charge in [-0.2, -0.15) is 5.26 Å². The van der Waals surface area contributed by atoms with Crippen LogP contribution in [0, 0.1) is 18.3 Å². The first kappa shape index (κ1) is 13.8. The van der Waals surface area contributed by atoms with E-state index in [2.05, 4.69) is 34.6 Å². The van der Waals surface area contributed by atoms with Crippen molar-refractivity contribution in [3.05, 3.63) is 65.0 Å². The van der Waals surface area contributed by atoms with Gasteiger partial charge in [0.25, 0.3) is 5.91 Å². The molecule has 100 valence electrons. The molecular formula is C16H15N3O. The minimum atomic E-state index is -0.255. The van der Waals surface area contributed by atoms with E-state index < -0.39 is 0 Å². The Hall–Kier alpha value is -2.67. The predicted molar refractivity (Wildman–Crippen MR) is 76.2 cm³/mol. The fourth-order valence-electron chi connectivity index (χ4n) is 1.79. The van der Waals surface area contributed by atoms with Gasteiger partial charge in [-0.25, -0.2) is 0 Å². The Morgan fingerprint density at radius 2 is 2.05 bits per heavy atom. The lowest BCUT2D eigenvalue weighted by molar-refractivity contribution is 0.0949. The van der Waals surface area contributed by atoms with Crippen LogP contribution in [0.15, 0.2) is 42.6 Å². The van der Waals surface area contributed by atoms with Crippen LogP contribution in [0.3, 0.4) is 0 Å². The van der Waals surface area contributed by atoms with Gasteiger partial charge >= 0.3 is 0 Å². The summed E-state index contributed by atoms with van der Waals surface area (Å²) in [6.07, 6.45) is 2.23. The van der Waals surface area contributed by atoms with E-state index in [1.165, 1.54) is 23.4 Å². The monoisotopic (exact) mass is 265 g/mol. The average molecular weight is 265 g/mol. The second kappa shape index (κ2) is 6.48. The summed E-state index contributed by atoms with van der Waals surface area (Å²) in [4.78, 5) is 15.8. The van der Waals surface area contributed by atoms with Gasteiger partial charge in [-0.05, 0) is 31.0 Å². The van der Waals surface area contributed by atoms with Crippen LogP contribution >= 0.6 is 0 Å². The smallest absolute Gasteiger partial charge is 0.269 e. The highest BCUT2D eigenvalue weighted by molar-refractivity contribution is 5.92. The van der Waals surface area contributed by atoms with Crippen LogP contribution in [0.1, 0.15) is 27.2 Å². The van der Waals surface area contributed by atoms with Gasteiger partial charge in [0, 0.05) is 12.7 Å². The summed E-state index contributed by atoms with van der Waals surface area (Å²) in [5, 5.41) is 11.6. The molecule has 0 saturated heterocycles. The Bertz CT molecular complexity index is 642. The molecule has 2 aromatic rings. The Balaban J connectivity index is 1.89. The summed E-state index contributed by atoms with van der Waals surface area (Å²) in [5.41, 5.74) is 3.10. The summed E-state index contributed by atoms with van der Waals surface area (Å²) in [5.74, 6) is -0.255. The van der Waals surface area contributed by atoms with Gasteiger partial charge in [-0.15, -0.1) is 0 Å². The van der Waals surface area contributed by atoms with Gasteiger partial charge in [0.1, 0.15) is 5.69 Å². The minimum absolute atomic E-state index is 0.255. The number of pyridine rings is 1. The third-order valence-electron chi connectivity index (χ3n) is 2.94. The third kappa shape index (κ3) is 3.66. The maximum absolute atomic E-state index is 11.9. The maximum atomic E-state index is 11.9. The van der Waals surface area contributed by atoms with Crippen molar-refractivity contribution in [1.82, 2.24) is 10.3 Å². The van der Waals surface area contributed by atoms with E-state index in [0.717, 1.165) is 6.42 Å². The number of aromatic nitrogens is 1. The quantitative estimate of drug-likeness (QED) is 0.922. The number of nitrogens with zero attached hydrogens (tertiary/aromatic N) is 2. The zero-order chi connectivity index (χ0) is 14.4. The maximum Gasteiger partial charge on any atom is 0.269 e. The molecule has 1 heterocycles. The van der Waals surface area contributed by atoms with Crippen LogP contribution in [0.4, 0.5) is 0 Å². The van der Waals surface area contributed by atoms with Crippen molar-refractivity contribution in [2.45, 2.75) is 13.3 Å². The van der Waals surface area contributed by atoms with Crippen LogP contribution in [-0.2, 0) is 6.42 Å². The van der Waals surface area contributed by atoms with Crippen molar-refractivity contribution in [1.29, 1.82) is 5.26 Å². The molecule has 0 aliphatic heterocycles. The van der Waals surface area contributed by atoms with Crippen molar-refractivity contribution < 1.29 is 4.79 Å². The first-order valence-electron chi connectivity index (χ1n) is 6.39. The SMILES string of the molecule is Cc1ccc(CCNC(=O)c2cc(C#N)ccn2)cc1. The van der Waals surface area contributed by atoms with Gasteiger partial charge in [0.15, 0.2) is 0 Å². The third-order valence-corrected chi connectivity index (χ3v) is 2.94. The largest absolute Gasteiger partial charge is 0.350 e. The highest BCUT2D eigenvalue weighted by Crippen LogP contribution is 2.04. The van der Waals surface area contributed by atoms with Gasteiger partial charge < -0.3 is 5.32 Å². The number of aryl methyl sites for hydroxylation is 1. The number of amides is 1. The summed E-state index contributed by atoms with van der Waals surface area (Å²) in [6.45, 7) is 2.58. The van der Waals surface area contributed by atoms with Crippen LogP contribution in [0.2, 0.25) is 0 Å². The first-order valence-corrected chi connectivity index (χ1v) is 6.39. The van der Waals surface area contributed by atoms with Crippen molar-refractivity contribution in [2.75, 3.05) is 6.54 Å². The normalized spacial score (nSPS) is 9.80. The minimum Gasteiger partial charge on any atom is -0.350 e. The second-order valence-electron chi connectivity index (χ2n) is 4.53. The molecule has 0 bridgehead atoms. The first-order chi connectivity index (χ1) is 9.69. The summed E-state index contributed by atoms with van der Waals surface area (Å²) < 4.78 is 0. The Labute approximate surface area is 118 Å². The molecule has 0 aliphatic rings. The molecule has 4 heteroatoms. The van der Waals surface area contributed by atoms with E-state index >= 15 is 0 Å². The lowest BCUT2D eigenvalue weighted by Crippen LogP contribution is -2.26. The molecule has 0 radical (unpaired) electrons. The van der Waals surface area contributed by atoms with Crippen LogP contribution in [-0.4, -0.2) is 17.4 Å². The van der Waals surface area contributed by atoms with Gasteiger partial charge in [0.05, 0.1) is 11.6 Å². The molecule has 1 amide bonds. The summed E-state index contributed by atoms with van der Waals surface area (Å²) >= 11 is 0. The molecule has 2 rings (SSSR count). The average Bonchev–Trinajstić information content (AvgIpc) is 2.49. The highest BCUT2D eigenvalue weighted by atomic mass is 16.1. The van der Waals surface area contributed by atoms with E-state index in [0.29, 0.717) is 12.1 Å².